The summed E-state index contributed by atoms with van der Waals surface area (Å²) in [7, 11) is 0. The van der Waals surface area contributed by atoms with E-state index >= 15 is 0 Å². The first-order valence-corrected chi connectivity index (χ1v) is 9.97. The Kier molecular flexibility index (Phi) is 5.54. The molecule has 0 saturated heterocycles. The number of nitrogens with one attached hydrogen (secondary N) is 1. The molecule has 0 saturated carbocycles. The van der Waals surface area contributed by atoms with Crippen LogP contribution >= 0.6 is 27.3 Å². The second kappa shape index (κ2) is 8.41. The van der Waals surface area contributed by atoms with Crippen molar-refractivity contribution in [1.29, 1.82) is 0 Å². The van der Waals surface area contributed by atoms with Gasteiger partial charge in [0.05, 0.1) is 18.0 Å². The maximum absolute atomic E-state index is 13.1. The van der Waals surface area contributed by atoms with Gasteiger partial charge in [-0.25, -0.2) is 19.0 Å². The summed E-state index contributed by atoms with van der Waals surface area (Å²) in [5.41, 5.74) is 6.39. The summed E-state index contributed by atoms with van der Waals surface area (Å²) in [6.45, 7) is 0.463. The summed E-state index contributed by atoms with van der Waals surface area (Å²) < 4.78 is 15.8. The Balaban J connectivity index is 1.56. The monoisotopic (exact) mass is 456 g/mol. The molecule has 4 aromatic rings. The van der Waals surface area contributed by atoms with E-state index in [1.165, 1.54) is 29.8 Å². The Bertz CT molecular complexity index is 1070. The molecular weight excluding hydrogens is 443 g/mol. The predicted octanol–water partition coefficient (Wildman–Crippen LogP) is 4.82. The number of nitrogens with zero attached hydrogens (tertiary/aromatic N) is 5. The summed E-state index contributed by atoms with van der Waals surface area (Å²) in [4.78, 5) is 8.50. The Hall–Kier alpha value is -2.91. The minimum atomic E-state index is -0.269. The van der Waals surface area contributed by atoms with Gasteiger partial charge in [0.1, 0.15) is 18.5 Å². The number of aromatic nitrogens is 4. The topological polar surface area (TPSA) is 68.0 Å². The van der Waals surface area contributed by atoms with E-state index in [0.717, 1.165) is 27.0 Å². The van der Waals surface area contributed by atoms with Crippen molar-refractivity contribution in [1.82, 2.24) is 19.7 Å². The maximum atomic E-state index is 13.1. The van der Waals surface area contributed by atoms with E-state index in [2.05, 4.69) is 41.5 Å². The van der Waals surface area contributed by atoms with E-state index in [1.54, 1.807) is 23.1 Å². The van der Waals surface area contributed by atoms with Gasteiger partial charge in [-0.1, -0.05) is 28.1 Å². The summed E-state index contributed by atoms with van der Waals surface area (Å²) in [6.07, 6.45) is 3.13. The molecular formula is C19H14BrFN6S. The van der Waals surface area contributed by atoms with E-state index in [1.807, 2.05) is 29.6 Å². The molecule has 0 aliphatic rings. The van der Waals surface area contributed by atoms with Crippen LogP contribution in [-0.4, -0.2) is 25.5 Å². The van der Waals surface area contributed by atoms with Crippen LogP contribution in [0.3, 0.4) is 0 Å². The molecule has 0 atom stereocenters. The molecule has 0 aliphatic carbocycles. The van der Waals surface area contributed by atoms with Crippen LogP contribution in [0.1, 0.15) is 5.56 Å². The maximum Gasteiger partial charge on any atom is 0.203 e. The molecule has 0 amide bonds. The molecule has 0 radical (unpaired) electrons. The highest BCUT2D eigenvalue weighted by molar-refractivity contribution is 9.10. The molecule has 2 aromatic heterocycles. The number of benzene rings is 2. The van der Waals surface area contributed by atoms with Crippen LogP contribution in [0.15, 0.2) is 76.1 Å². The number of thiazole rings is 1. The van der Waals surface area contributed by atoms with Crippen molar-refractivity contribution >= 4 is 38.1 Å². The van der Waals surface area contributed by atoms with Crippen LogP contribution in [0.4, 0.5) is 9.52 Å². The third kappa shape index (κ3) is 4.49. The number of rotatable bonds is 6. The van der Waals surface area contributed by atoms with Crippen molar-refractivity contribution in [3.63, 3.8) is 0 Å². The number of hydrogen-bond acceptors (Lipinski definition) is 6. The molecule has 0 fully saturated rings. The predicted molar refractivity (Wildman–Crippen MR) is 112 cm³/mol. The van der Waals surface area contributed by atoms with Crippen molar-refractivity contribution < 1.29 is 4.39 Å². The van der Waals surface area contributed by atoms with Crippen molar-refractivity contribution in [3.8, 4) is 11.3 Å². The Labute approximate surface area is 172 Å². The number of halogens is 2. The zero-order valence-electron chi connectivity index (χ0n) is 14.5. The second-order valence-electron chi connectivity index (χ2n) is 5.82. The SMILES string of the molecule is Fc1ccc(-c2csc(N/N=C(/Cn3cncn3)c3ccc(Br)cc3)n2)cc1. The zero-order chi connectivity index (χ0) is 19.3. The molecule has 1 N–H and O–H groups in total. The average Bonchev–Trinajstić information content (AvgIpc) is 3.38. The third-order valence-electron chi connectivity index (χ3n) is 3.89. The highest BCUT2D eigenvalue weighted by atomic mass is 79.9. The fourth-order valence-corrected chi connectivity index (χ4v) is 3.42. The highest BCUT2D eigenvalue weighted by Gasteiger charge is 2.08. The minimum absolute atomic E-state index is 0.269. The van der Waals surface area contributed by atoms with Gasteiger partial charge in [-0.15, -0.1) is 11.3 Å². The molecule has 4 rings (SSSR count). The van der Waals surface area contributed by atoms with Gasteiger partial charge in [0.2, 0.25) is 5.13 Å². The summed E-state index contributed by atoms with van der Waals surface area (Å²) in [5, 5.41) is 11.2. The van der Waals surface area contributed by atoms with Gasteiger partial charge in [-0.05, 0) is 42.0 Å². The molecule has 2 aromatic carbocycles. The van der Waals surface area contributed by atoms with Gasteiger partial charge in [-0.3, -0.25) is 5.43 Å². The molecule has 9 heteroatoms. The lowest BCUT2D eigenvalue weighted by molar-refractivity contribution is 0.628. The van der Waals surface area contributed by atoms with Gasteiger partial charge >= 0.3 is 0 Å². The third-order valence-corrected chi connectivity index (χ3v) is 5.16. The lowest BCUT2D eigenvalue weighted by Crippen LogP contribution is -2.14. The van der Waals surface area contributed by atoms with Crippen LogP contribution in [0.25, 0.3) is 11.3 Å². The van der Waals surface area contributed by atoms with Crippen LogP contribution < -0.4 is 5.43 Å². The normalized spacial score (nSPS) is 11.6. The molecule has 0 aliphatic heterocycles. The minimum Gasteiger partial charge on any atom is -0.252 e. The first-order chi connectivity index (χ1) is 13.7. The molecule has 0 spiro atoms. The number of hydrazone groups is 1. The van der Waals surface area contributed by atoms with Crippen molar-refractivity contribution in [2.75, 3.05) is 5.43 Å². The zero-order valence-corrected chi connectivity index (χ0v) is 16.9. The molecule has 140 valence electrons. The standard InChI is InChI=1S/C19H14BrFN6S/c20-15-5-1-13(2-6-15)17(9-27-12-22-11-23-27)25-26-19-24-18(10-28-19)14-3-7-16(21)8-4-14/h1-8,10-12H,9H2,(H,24,26)/b25-17-. The Morgan fingerprint density at radius 1 is 1.14 bits per heavy atom. The summed E-state index contributed by atoms with van der Waals surface area (Å²) in [5.74, 6) is -0.269. The van der Waals surface area contributed by atoms with E-state index < -0.39 is 0 Å². The van der Waals surface area contributed by atoms with E-state index in [0.29, 0.717) is 11.7 Å². The van der Waals surface area contributed by atoms with E-state index in [-0.39, 0.29) is 5.82 Å². The smallest absolute Gasteiger partial charge is 0.203 e. The van der Waals surface area contributed by atoms with Gasteiger partial charge in [0, 0.05) is 15.4 Å². The number of hydrogen-bond donors (Lipinski definition) is 1. The number of anilines is 1. The fraction of sp³-hybridized carbons (Fsp3) is 0.0526. The van der Waals surface area contributed by atoms with Gasteiger partial charge in [0.25, 0.3) is 0 Å². The second-order valence-corrected chi connectivity index (χ2v) is 7.59. The van der Waals surface area contributed by atoms with Crippen LogP contribution in [-0.2, 0) is 6.54 Å². The van der Waals surface area contributed by atoms with Crippen LogP contribution in [0, 0.1) is 5.82 Å². The van der Waals surface area contributed by atoms with Crippen LogP contribution in [0.2, 0.25) is 0 Å². The van der Waals surface area contributed by atoms with Crippen molar-refractivity contribution in [2.45, 2.75) is 6.54 Å². The fourth-order valence-electron chi connectivity index (χ4n) is 2.49. The average molecular weight is 457 g/mol. The summed E-state index contributed by atoms with van der Waals surface area (Å²) in [6, 6.07) is 14.1. The highest BCUT2D eigenvalue weighted by Crippen LogP contribution is 2.25. The molecule has 28 heavy (non-hydrogen) atoms. The van der Waals surface area contributed by atoms with Gasteiger partial charge in [-0.2, -0.15) is 10.2 Å². The van der Waals surface area contributed by atoms with E-state index in [9.17, 15) is 4.39 Å². The molecule has 0 unspecified atom stereocenters. The summed E-state index contributed by atoms with van der Waals surface area (Å²) >= 11 is 4.88. The Morgan fingerprint density at radius 3 is 2.64 bits per heavy atom. The van der Waals surface area contributed by atoms with Crippen molar-refractivity contribution in [3.05, 3.63) is 82.4 Å². The molecule has 6 nitrogen and oxygen atoms in total. The Morgan fingerprint density at radius 2 is 1.93 bits per heavy atom. The quantitative estimate of drug-likeness (QED) is 0.333. The van der Waals surface area contributed by atoms with Gasteiger partial charge < -0.3 is 0 Å². The first-order valence-electron chi connectivity index (χ1n) is 8.30. The molecule has 0 bridgehead atoms. The molecule has 2 heterocycles. The van der Waals surface area contributed by atoms with Crippen LogP contribution in [0.5, 0.6) is 0 Å². The lowest BCUT2D eigenvalue weighted by Gasteiger charge is -2.07. The largest absolute Gasteiger partial charge is 0.252 e. The first kappa shape index (κ1) is 18.5. The lowest BCUT2D eigenvalue weighted by atomic mass is 10.1. The van der Waals surface area contributed by atoms with Crippen molar-refractivity contribution in [2.24, 2.45) is 5.10 Å². The van der Waals surface area contributed by atoms with Gasteiger partial charge in [0.15, 0.2) is 0 Å². The van der Waals surface area contributed by atoms with E-state index in [4.69, 9.17) is 0 Å².